The molecule has 0 spiro atoms. The number of aryl methyl sites for hydroxylation is 1. The van der Waals surface area contributed by atoms with Gasteiger partial charge < -0.3 is 14.6 Å². The van der Waals surface area contributed by atoms with Crippen molar-refractivity contribution in [1.82, 2.24) is 10.5 Å². The number of hydrogen-bond acceptors (Lipinski definition) is 4. The number of methoxy groups -OCH3 is 1. The Labute approximate surface area is 140 Å². The summed E-state index contributed by atoms with van der Waals surface area (Å²) in [6.07, 6.45) is 0.176. The van der Waals surface area contributed by atoms with E-state index in [1.807, 2.05) is 56.3 Å². The quantitative estimate of drug-likeness (QED) is 0.779. The van der Waals surface area contributed by atoms with Crippen LogP contribution in [0.15, 0.2) is 47.0 Å². The molecule has 0 bridgehead atoms. The van der Waals surface area contributed by atoms with Gasteiger partial charge in [0, 0.05) is 10.9 Å². The molecule has 5 nitrogen and oxygen atoms in total. The van der Waals surface area contributed by atoms with E-state index in [0.717, 1.165) is 22.3 Å². The van der Waals surface area contributed by atoms with Crippen LogP contribution >= 0.6 is 0 Å². The van der Waals surface area contributed by atoms with Gasteiger partial charge in [-0.15, -0.1) is 0 Å². The first-order valence-corrected chi connectivity index (χ1v) is 7.85. The Morgan fingerprint density at radius 2 is 2.08 bits per heavy atom. The lowest BCUT2D eigenvalue weighted by Crippen LogP contribution is -2.28. The molecule has 0 aliphatic heterocycles. The Hall–Kier alpha value is -2.82. The van der Waals surface area contributed by atoms with E-state index in [2.05, 4.69) is 10.5 Å². The molecule has 1 aromatic heterocycles. The monoisotopic (exact) mass is 324 g/mol. The fraction of sp³-hybridized carbons (Fsp3) is 0.263. The van der Waals surface area contributed by atoms with Gasteiger partial charge in [-0.2, -0.15) is 0 Å². The SMILES string of the molecule is COc1ccc(C)cc1[C@@H](C)NC(=O)Cc1noc2ccccc12. The zero-order chi connectivity index (χ0) is 17.1. The van der Waals surface area contributed by atoms with E-state index in [-0.39, 0.29) is 18.4 Å². The second-order valence-electron chi connectivity index (χ2n) is 5.84. The number of rotatable bonds is 5. The van der Waals surface area contributed by atoms with Gasteiger partial charge in [-0.25, -0.2) is 0 Å². The summed E-state index contributed by atoms with van der Waals surface area (Å²) >= 11 is 0. The molecule has 3 aromatic rings. The van der Waals surface area contributed by atoms with Crippen LogP contribution in [0.4, 0.5) is 0 Å². The van der Waals surface area contributed by atoms with Crippen LogP contribution in [0, 0.1) is 6.92 Å². The van der Waals surface area contributed by atoms with E-state index >= 15 is 0 Å². The molecule has 124 valence electrons. The van der Waals surface area contributed by atoms with Gasteiger partial charge in [0.1, 0.15) is 11.4 Å². The van der Waals surface area contributed by atoms with E-state index in [4.69, 9.17) is 9.26 Å². The van der Waals surface area contributed by atoms with E-state index < -0.39 is 0 Å². The first kappa shape index (κ1) is 16.1. The highest BCUT2D eigenvalue weighted by molar-refractivity contribution is 5.86. The summed E-state index contributed by atoms with van der Waals surface area (Å²) in [7, 11) is 1.63. The number of nitrogens with one attached hydrogen (secondary N) is 1. The van der Waals surface area contributed by atoms with Gasteiger partial charge in [0.05, 0.1) is 19.6 Å². The number of aromatic nitrogens is 1. The van der Waals surface area contributed by atoms with Gasteiger partial charge in [0.25, 0.3) is 0 Å². The van der Waals surface area contributed by atoms with Crippen molar-refractivity contribution < 1.29 is 14.1 Å². The second kappa shape index (κ2) is 6.74. The van der Waals surface area contributed by atoms with Crippen molar-refractivity contribution in [2.24, 2.45) is 0 Å². The van der Waals surface area contributed by atoms with Crippen molar-refractivity contribution in [1.29, 1.82) is 0 Å². The fourth-order valence-corrected chi connectivity index (χ4v) is 2.78. The van der Waals surface area contributed by atoms with Crippen LogP contribution in [0.1, 0.15) is 29.8 Å². The number of para-hydroxylation sites is 1. The average molecular weight is 324 g/mol. The lowest BCUT2D eigenvalue weighted by atomic mass is 10.0. The lowest BCUT2D eigenvalue weighted by Gasteiger charge is -2.17. The topological polar surface area (TPSA) is 64.4 Å². The van der Waals surface area contributed by atoms with Gasteiger partial charge in [-0.3, -0.25) is 4.79 Å². The molecule has 0 unspecified atom stereocenters. The normalized spacial score (nSPS) is 12.1. The molecule has 3 rings (SSSR count). The third-order valence-electron chi connectivity index (χ3n) is 4.01. The van der Waals surface area contributed by atoms with Crippen LogP contribution < -0.4 is 10.1 Å². The number of carbonyl (C=O) groups excluding carboxylic acids is 1. The molecule has 0 saturated heterocycles. The summed E-state index contributed by atoms with van der Waals surface area (Å²) in [6, 6.07) is 13.3. The van der Waals surface area contributed by atoms with Crippen LogP contribution in [0.5, 0.6) is 5.75 Å². The molecular formula is C19H20N2O3. The van der Waals surface area contributed by atoms with Crippen molar-refractivity contribution in [3.63, 3.8) is 0 Å². The number of carbonyl (C=O) groups is 1. The first-order chi connectivity index (χ1) is 11.6. The Morgan fingerprint density at radius 1 is 1.29 bits per heavy atom. The Bertz CT molecular complexity index is 870. The molecule has 0 radical (unpaired) electrons. The maximum absolute atomic E-state index is 12.4. The number of fused-ring (bicyclic) bond motifs is 1. The molecule has 0 aliphatic rings. The molecule has 1 amide bonds. The molecule has 24 heavy (non-hydrogen) atoms. The zero-order valence-corrected chi connectivity index (χ0v) is 14.0. The number of benzene rings is 2. The van der Waals surface area contributed by atoms with Gasteiger partial charge in [0.2, 0.25) is 5.91 Å². The number of ether oxygens (including phenoxy) is 1. The minimum absolute atomic E-state index is 0.106. The lowest BCUT2D eigenvalue weighted by molar-refractivity contribution is -0.121. The Morgan fingerprint density at radius 3 is 2.88 bits per heavy atom. The molecule has 0 aliphatic carbocycles. The molecule has 1 heterocycles. The summed E-state index contributed by atoms with van der Waals surface area (Å²) in [4.78, 5) is 12.4. The highest BCUT2D eigenvalue weighted by atomic mass is 16.5. The number of amides is 1. The van der Waals surface area contributed by atoms with Crippen molar-refractivity contribution >= 4 is 16.9 Å². The maximum Gasteiger partial charge on any atom is 0.226 e. The van der Waals surface area contributed by atoms with E-state index in [1.54, 1.807) is 7.11 Å². The summed E-state index contributed by atoms with van der Waals surface area (Å²) in [5.74, 6) is 0.658. The molecule has 0 saturated carbocycles. The summed E-state index contributed by atoms with van der Waals surface area (Å²) in [5, 5.41) is 7.87. The number of nitrogens with zero attached hydrogens (tertiary/aromatic N) is 1. The molecule has 2 aromatic carbocycles. The second-order valence-corrected chi connectivity index (χ2v) is 5.84. The standard InChI is InChI=1S/C19H20N2O3/c1-12-8-9-17(23-3)15(10-12)13(2)20-19(22)11-16-14-6-4-5-7-18(14)24-21-16/h4-10,13H,11H2,1-3H3,(H,20,22)/t13-/m1/s1. The van der Waals surface area contributed by atoms with E-state index in [0.29, 0.717) is 11.3 Å². The van der Waals surface area contributed by atoms with Crippen molar-refractivity contribution in [3.8, 4) is 5.75 Å². The third kappa shape index (κ3) is 3.25. The minimum Gasteiger partial charge on any atom is -0.496 e. The molecule has 1 atom stereocenters. The number of hydrogen-bond donors (Lipinski definition) is 1. The van der Waals surface area contributed by atoms with Gasteiger partial charge >= 0.3 is 0 Å². The minimum atomic E-state index is -0.162. The van der Waals surface area contributed by atoms with Crippen LogP contribution in [0.3, 0.4) is 0 Å². The van der Waals surface area contributed by atoms with Crippen LogP contribution in [-0.4, -0.2) is 18.2 Å². The zero-order valence-electron chi connectivity index (χ0n) is 14.0. The highest BCUT2D eigenvalue weighted by Gasteiger charge is 2.17. The third-order valence-corrected chi connectivity index (χ3v) is 4.01. The molecule has 5 heteroatoms. The van der Waals surface area contributed by atoms with Crippen molar-refractivity contribution in [2.75, 3.05) is 7.11 Å². The van der Waals surface area contributed by atoms with Crippen LogP contribution in [0.25, 0.3) is 11.0 Å². The predicted molar refractivity (Wildman–Crippen MR) is 92.0 cm³/mol. The van der Waals surface area contributed by atoms with Crippen LogP contribution in [0.2, 0.25) is 0 Å². The predicted octanol–water partition coefficient (Wildman–Crippen LogP) is 3.56. The first-order valence-electron chi connectivity index (χ1n) is 7.85. The Balaban J connectivity index is 1.74. The summed E-state index contributed by atoms with van der Waals surface area (Å²) in [5.41, 5.74) is 3.41. The fourth-order valence-electron chi connectivity index (χ4n) is 2.78. The Kier molecular flexibility index (Phi) is 4.51. The van der Waals surface area contributed by atoms with Crippen LogP contribution in [-0.2, 0) is 11.2 Å². The molecule has 1 N–H and O–H groups in total. The van der Waals surface area contributed by atoms with Gasteiger partial charge in [0.15, 0.2) is 5.58 Å². The average Bonchev–Trinajstić information content (AvgIpc) is 2.98. The van der Waals surface area contributed by atoms with Gasteiger partial charge in [-0.05, 0) is 32.0 Å². The molecular weight excluding hydrogens is 304 g/mol. The summed E-state index contributed by atoms with van der Waals surface area (Å²) in [6.45, 7) is 3.95. The van der Waals surface area contributed by atoms with E-state index in [1.165, 1.54) is 0 Å². The van der Waals surface area contributed by atoms with Gasteiger partial charge in [-0.1, -0.05) is 35.0 Å². The summed E-state index contributed by atoms with van der Waals surface area (Å²) < 4.78 is 10.6. The largest absolute Gasteiger partial charge is 0.496 e. The molecule has 0 fully saturated rings. The van der Waals surface area contributed by atoms with Crippen molar-refractivity contribution in [2.45, 2.75) is 26.3 Å². The highest BCUT2D eigenvalue weighted by Crippen LogP contribution is 2.26. The maximum atomic E-state index is 12.4. The van der Waals surface area contributed by atoms with E-state index in [9.17, 15) is 4.79 Å². The van der Waals surface area contributed by atoms with Crippen molar-refractivity contribution in [3.05, 3.63) is 59.3 Å². The smallest absolute Gasteiger partial charge is 0.226 e.